The average Bonchev–Trinajstić information content (AvgIpc) is 3.09. The third-order valence-electron chi connectivity index (χ3n) is 5.33. The van der Waals surface area contributed by atoms with E-state index in [0.717, 1.165) is 41.7 Å². The predicted molar refractivity (Wildman–Crippen MR) is 112 cm³/mol. The number of carboxylic acids is 1. The summed E-state index contributed by atoms with van der Waals surface area (Å²) in [5.74, 6) is -0.820. The van der Waals surface area contributed by atoms with Gasteiger partial charge in [-0.25, -0.2) is 0 Å². The first-order valence-electron chi connectivity index (χ1n) is 9.22. The fourth-order valence-corrected chi connectivity index (χ4v) is 4.34. The van der Waals surface area contributed by atoms with Crippen LogP contribution in [-0.4, -0.2) is 52.0 Å². The van der Waals surface area contributed by atoms with E-state index in [9.17, 15) is 9.90 Å². The zero-order valence-electron chi connectivity index (χ0n) is 15.2. The van der Waals surface area contributed by atoms with E-state index in [1.165, 1.54) is 0 Å². The van der Waals surface area contributed by atoms with Crippen molar-refractivity contribution in [3.8, 4) is 0 Å². The fraction of sp³-hybridized carbons (Fsp3) is 0.286. The van der Waals surface area contributed by atoms with Crippen LogP contribution >= 0.6 is 23.2 Å². The number of piperazine rings is 1. The number of nitrogens with zero attached hydrogens (tertiary/aromatic N) is 2. The maximum Gasteiger partial charge on any atom is 0.325 e. The maximum atomic E-state index is 12.1. The van der Waals surface area contributed by atoms with Gasteiger partial charge in [-0.15, -0.1) is 0 Å². The second kappa shape index (κ2) is 8.13. The smallest absolute Gasteiger partial charge is 0.325 e. The number of rotatable bonds is 5. The van der Waals surface area contributed by atoms with Crippen molar-refractivity contribution in [3.63, 3.8) is 0 Å². The number of H-pyrrole nitrogens is 1. The zero-order chi connectivity index (χ0) is 19.7. The van der Waals surface area contributed by atoms with Crippen LogP contribution in [0, 0.1) is 0 Å². The van der Waals surface area contributed by atoms with Crippen LogP contribution in [0.1, 0.15) is 17.2 Å². The van der Waals surface area contributed by atoms with Gasteiger partial charge in [0.15, 0.2) is 0 Å². The standard InChI is InChI=1S/C21H21Cl2N3O2/c22-15-6-5-14(18(23)11-15)13-25-7-9-26(10-8-25)20(21(27)28)17-12-24-19-4-2-1-3-16(17)19/h1-6,11-12,20,24H,7-10,13H2,(H,27,28)/t20-/m0/s1. The first-order chi connectivity index (χ1) is 13.5. The van der Waals surface area contributed by atoms with Crippen LogP contribution in [0.3, 0.4) is 0 Å². The van der Waals surface area contributed by atoms with Crippen LogP contribution in [0.5, 0.6) is 0 Å². The third-order valence-corrected chi connectivity index (χ3v) is 5.92. The molecule has 2 N–H and O–H groups in total. The monoisotopic (exact) mass is 417 g/mol. The molecule has 1 aliphatic rings. The molecule has 1 atom stereocenters. The highest BCUT2D eigenvalue weighted by molar-refractivity contribution is 6.35. The van der Waals surface area contributed by atoms with Gasteiger partial charge in [0.1, 0.15) is 6.04 Å². The number of aliphatic carboxylic acids is 1. The van der Waals surface area contributed by atoms with Gasteiger partial charge in [0.25, 0.3) is 0 Å². The predicted octanol–water partition coefficient (Wildman–Crippen LogP) is 4.42. The number of aromatic amines is 1. The number of hydrogen-bond donors (Lipinski definition) is 2. The van der Waals surface area contributed by atoms with Crippen LogP contribution in [0.4, 0.5) is 0 Å². The second-order valence-electron chi connectivity index (χ2n) is 7.08. The van der Waals surface area contributed by atoms with E-state index < -0.39 is 12.0 Å². The normalized spacial score (nSPS) is 17.1. The molecule has 1 saturated heterocycles. The van der Waals surface area contributed by atoms with Crippen LogP contribution in [0.15, 0.2) is 48.7 Å². The van der Waals surface area contributed by atoms with Crippen molar-refractivity contribution in [2.45, 2.75) is 12.6 Å². The lowest BCUT2D eigenvalue weighted by Gasteiger charge is -2.37. The van der Waals surface area contributed by atoms with Crippen LogP contribution in [0.25, 0.3) is 10.9 Å². The van der Waals surface area contributed by atoms with Crippen molar-refractivity contribution in [1.82, 2.24) is 14.8 Å². The Morgan fingerprint density at radius 3 is 2.57 bits per heavy atom. The largest absolute Gasteiger partial charge is 0.480 e. The molecule has 1 aliphatic heterocycles. The molecule has 3 aromatic rings. The minimum atomic E-state index is -0.820. The van der Waals surface area contributed by atoms with Gasteiger partial charge >= 0.3 is 5.97 Å². The van der Waals surface area contributed by atoms with Gasteiger partial charge in [-0.2, -0.15) is 0 Å². The van der Waals surface area contributed by atoms with Gasteiger partial charge in [0, 0.05) is 65.4 Å². The number of aromatic nitrogens is 1. The van der Waals surface area contributed by atoms with Crippen molar-refractivity contribution in [2.24, 2.45) is 0 Å². The quantitative estimate of drug-likeness (QED) is 0.644. The van der Waals surface area contributed by atoms with Crippen molar-refractivity contribution < 1.29 is 9.90 Å². The number of carboxylic acid groups (broad SMARTS) is 1. The topological polar surface area (TPSA) is 59.6 Å². The lowest BCUT2D eigenvalue weighted by molar-refractivity contribution is -0.144. The summed E-state index contributed by atoms with van der Waals surface area (Å²) in [4.78, 5) is 19.6. The number of carbonyl (C=O) groups is 1. The number of nitrogens with one attached hydrogen (secondary N) is 1. The number of hydrogen-bond acceptors (Lipinski definition) is 3. The van der Waals surface area contributed by atoms with Gasteiger partial charge in [-0.1, -0.05) is 47.5 Å². The Bertz CT molecular complexity index is 996. The van der Waals surface area contributed by atoms with Crippen molar-refractivity contribution in [1.29, 1.82) is 0 Å². The zero-order valence-corrected chi connectivity index (χ0v) is 16.7. The molecular weight excluding hydrogens is 397 g/mol. The molecule has 0 aliphatic carbocycles. The second-order valence-corrected chi connectivity index (χ2v) is 7.92. The summed E-state index contributed by atoms with van der Waals surface area (Å²) in [6.07, 6.45) is 1.82. The van der Waals surface area contributed by atoms with E-state index in [1.807, 2.05) is 47.5 Å². The van der Waals surface area contributed by atoms with Crippen molar-refractivity contribution in [2.75, 3.05) is 26.2 Å². The van der Waals surface area contributed by atoms with E-state index in [4.69, 9.17) is 23.2 Å². The summed E-state index contributed by atoms with van der Waals surface area (Å²) in [7, 11) is 0. The number of para-hydroxylation sites is 1. The lowest BCUT2D eigenvalue weighted by Crippen LogP contribution is -2.48. The fourth-order valence-electron chi connectivity index (χ4n) is 3.88. The summed E-state index contributed by atoms with van der Waals surface area (Å²) in [6.45, 7) is 3.66. The molecule has 0 bridgehead atoms. The van der Waals surface area contributed by atoms with E-state index >= 15 is 0 Å². The first-order valence-corrected chi connectivity index (χ1v) is 9.97. The molecule has 1 fully saturated rings. The van der Waals surface area contributed by atoms with Crippen LogP contribution in [-0.2, 0) is 11.3 Å². The highest BCUT2D eigenvalue weighted by atomic mass is 35.5. The SMILES string of the molecule is O=C(O)[C@H](c1c[nH]c2ccccc12)N1CCN(Cc2ccc(Cl)cc2Cl)CC1. The highest BCUT2D eigenvalue weighted by Gasteiger charge is 2.32. The Labute approximate surface area is 173 Å². The molecule has 2 heterocycles. The molecule has 2 aromatic carbocycles. The molecule has 4 rings (SSSR count). The number of fused-ring (bicyclic) bond motifs is 1. The Hall–Kier alpha value is -2.05. The van der Waals surface area contributed by atoms with Gasteiger partial charge in [0.2, 0.25) is 0 Å². The van der Waals surface area contributed by atoms with E-state index in [1.54, 1.807) is 6.07 Å². The Balaban J connectivity index is 1.47. The summed E-state index contributed by atoms with van der Waals surface area (Å²) >= 11 is 12.3. The lowest BCUT2D eigenvalue weighted by atomic mass is 10.0. The van der Waals surface area contributed by atoms with Crippen LogP contribution in [0.2, 0.25) is 10.0 Å². The van der Waals surface area contributed by atoms with Crippen LogP contribution < -0.4 is 0 Å². The third kappa shape index (κ3) is 3.89. The van der Waals surface area contributed by atoms with Gasteiger partial charge < -0.3 is 10.1 Å². The van der Waals surface area contributed by atoms with Gasteiger partial charge in [-0.3, -0.25) is 14.6 Å². The average molecular weight is 418 g/mol. The maximum absolute atomic E-state index is 12.1. The molecule has 1 aromatic heterocycles. The molecule has 5 nitrogen and oxygen atoms in total. The van der Waals surface area contributed by atoms with E-state index in [0.29, 0.717) is 23.1 Å². The first kappa shape index (κ1) is 19.3. The molecule has 0 amide bonds. The molecule has 146 valence electrons. The molecule has 7 heteroatoms. The number of benzene rings is 2. The van der Waals surface area contributed by atoms with E-state index in [-0.39, 0.29) is 0 Å². The minimum Gasteiger partial charge on any atom is -0.480 e. The van der Waals surface area contributed by atoms with Crippen molar-refractivity contribution >= 4 is 40.1 Å². The molecule has 0 saturated carbocycles. The summed E-state index contributed by atoms with van der Waals surface area (Å²) in [5, 5.41) is 12.2. The Morgan fingerprint density at radius 1 is 1.11 bits per heavy atom. The summed E-state index contributed by atoms with van der Waals surface area (Å²) < 4.78 is 0. The van der Waals surface area contributed by atoms with Gasteiger partial charge in [0.05, 0.1) is 0 Å². The Morgan fingerprint density at radius 2 is 1.86 bits per heavy atom. The van der Waals surface area contributed by atoms with Crippen molar-refractivity contribution in [3.05, 3.63) is 69.8 Å². The highest BCUT2D eigenvalue weighted by Crippen LogP contribution is 2.30. The number of halogens is 2. The molecule has 0 unspecified atom stereocenters. The molecule has 0 radical (unpaired) electrons. The molecule has 0 spiro atoms. The minimum absolute atomic E-state index is 0.626. The Kier molecular flexibility index (Phi) is 5.60. The molecule has 28 heavy (non-hydrogen) atoms. The van der Waals surface area contributed by atoms with E-state index in [2.05, 4.69) is 9.88 Å². The molecular formula is C21H21Cl2N3O2. The summed E-state index contributed by atoms with van der Waals surface area (Å²) in [5.41, 5.74) is 2.81. The van der Waals surface area contributed by atoms with Gasteiger partial charge in [-0.05, 0) is 23.8 Å². The summed E-state index contributed by atoms with van der Waals surface area (Å²) in [6, 6.07) is 12.7.